The summed E-state index contributed by atoms with van der Waals surface area (Å²) in [6.45, 7) is 6.83. The van der Waals surface area contributed by atoms with Gasteiger partial charge >= 0.3 is 0 Å². The topological polar surface area (TPSA) is 29.3 Å². The van der Waals surface area contributed by atoms with E-state index in [2.05, 4.69) is 30.9 Å². The standard InChI is InChI=1S/C14H22N2/c1-3-12-6-8-16(9-7-12)14-10-13(15)5-4-11(14)2/h4-5,10,12H,3,6-9,15H2,1-2H3. The van der Waals surface area contributed by atoms with Gasteiger partial charge in [-0.2, -0.15) is 0 Å². The van der Waals surface area contributed by atoms with Crippen LogP contribution >= 0.6 is 0 Å². The molecule has 2 N–H and O–H groups in total. The highest BCUT2D eigenvalue weighted by atomic mass is 15.1. The normalized spacial score (nSPS) is 17.8. The average molecular weight is 218 g/mol. The van der Waals surface area contributed by atoms with Crippen molar-refractivity contribution in [2.75, 3.05) is 23.7 Å². The molecule has 1 fully saturated rings. The Bertz CT molecular complexity index is 352. The molecule has 1 saturated heterocycles. The summed E-state index contributed by atoms with van der Waals surface area (Å²) in [5.41, 5.74) is 9.40. The number of anilines is 2. The van der Waals surface area contributed by atoms with Crippen molar-refractivity contribution in [2.45, 2.75) is 33.1 Å². The van der Waals surface area contributed by atoms with E-state index in [0.717, 1.165) is 11.6 Å². The molecule has 0 unspecified atom stereocenters. The van der Waals surface area contributed by atoms with Gasteiger partial charge < -0.3 is 10.6 Å². The van der Waals surface area contributed by atoms with Crippen molar-refractivity contribution >= 4 is 11.4 Å². The monoisotopic (exact) mass is 218 g/mol. The first kappa shape index (κ1) is 11.3. The third-order valence-corrected chi connectivity index (χ3v) is 3.77. The number of benzene rings is 1. The summed E-state index contributed by atoms with van der Waals surface area (Å²) in [4.78, 5) is 2.48. The van der Waals surface area contributed by atoms with Crippen LogP contribution in [-0.4, -0.2) is 13.1 Å². The molecule has 1 aromatic rings. The van der Waals surface area contributed by atoms with Crippen molar-refractivity contribution in [3.63, 3.8) is 0 Å². The van der Waals surface area contributed by atoms with Crippen molar-refractivity contribution in [3.8, 4) is 0 Å². The van der Waals surface area contributed by atoms with E-state index >= 15 is 0 Å². The Hall–Kier alpha value is -1.18. The molecule has 2 nitrogen and oxygen atoms in total. The first-order valence-corrected chi connectivity index (χ1v) is 6.31. The van der Waals surface area contributed by atoms with E-state index in [1.54, 1.807) is 0 Å². The van der Waals surface area contributed by atoms with Crippen molar-refractivity contribution in [3.05, 3.63) is 23.8 Å². The van der Waals surface area contributed by atoms with Crippen LogP contribution in [0.2, 0.25) is 0 Å². The van der Waals surface area contributed by atoms with Gasteiger partial charge in [0.05, 0.1) is 0 Å². The van der Waals surface area contributed by atoms with Gasteiger partial charge in [-0.25, -0.2) is 0 Å². The molecule has 2 rings (SSSR count). The second-order valence-electron chi connectivity index (χ2n) is 4.88. The Labute approximate surface area is 98.4 Å². The molecule has 0 amide bonds. The van der Waals surface area contributed by atoms with Gasteiger partial charge in [-0.1, -0.05) is 19.4 Å². The van der Waals surface area contributed by atoms with Crippen LogP contribution in [0.15, 0.2) is 18.2 Å². The lowest BCUT2D eigenvalue weighted by Crippen LogP contribution is -2.33. The average Bonchev–Trinajstić information content (AvgIpc) is 2.32. The second-order valence-corrected chi connectivity index (χ2v) is 4.88. The van der Waals surface area contributed by atoms with Crippen LogP contribution in [0.25, 0.3) is 0 Å². The number of aryl methyl sites for hydroxylation is 1. The molecule has 16 heavy (non-hydrogen) atoms. The highest BCUT2D eigenvalue weighted by Gasteiger charge is 2.18. The molecule has 88 valence electrons. The minimum absolute atomic E-state index is 0.873. The van der Waals surface area contributed by atoms with Crippen molar-refractivity contribution < 1.29 is 0 Å². The Kier molecular flexibility index (Phi) is 3.37. The maximum atomic E-state index is 5.86. The van der Waals surface area contributed by atoms with Crippen LogP contribution in [0.5, 0.6) is 0 Å². The number of nitrogens with two attached hydrogens (primary N) is 1. The largest absolute Gasteiger partial charge is 0.399 e. The van der Waals surface area contributed by atoms with Crippen LogP contribution < -0.4 is 10.6 Å². The number of piperidine rings is 1. The molecule has 0 radical (unpaired) electrons. The second kappa shape index (κ2) is 4.77. The van der Waals surface area contributed by atoms with Crippen LogP contribution in [0.1, 0.15) is 31.7 Å². The highest BCUT2D eigenvalue weighted by molar-refractivity contribution is 5.61. The fourth-order valence-corrected chi connectivity index (χ4v) is 2.55. The first-order chi connectivity index (χ1) is 7.70. The van der Waals surface area contributed by atoms with Crippen molar-refractivity contribution in [1.29, 1.82) is 0 Å². The fraction of sp³-hybridized carbons (Fsp3) is 0.571. The summed E-state index contributed by atoms with van der Waals surface area (Å²) in [6.07, 6.45) is 3.97. The van der Waals surface area contributed by atoms with E-state index in [1.807, 2.05) is 6.07 Å². The van der Waals surface area contributed by atoms with Gasteiger partial charge in [0.15, 0.2) is 0 Å². The molecule has 1 aliphatic heterocycles. The minimum Gasteiger partial charge on any atom is -0.399 e. The zero-order valence-corrected chi connectivity index (χ0v) is 10.4. The SMILES string of the molecule is CCC1CCN(c2cc(N)ccc2C)CC1. The summed E-state index contributed by atoms with van der Waals surface area (Å²) < 4.78 is 0. The number of hydrogen-bond donors (Lipinski definition) is 1. The van der Waals surface area contributed by atoms with Crippen molar-refractivity contribution in [2.24, 2.45) is 5.92 Å². The van der Waals surface area contributed by atoms with E-state index in [1.165, 1.54) is 43.6 Å². The lowest BCUT2D eigenvalue weighted by molar-refractivity contribution is 0.395. The molecular weight excluding hydrogens is 196 g/mol. The Morgan fingerprint density at radius 3 is 2.62 bits per heavy atom. The summed E-state index contributed by atoms with van der Waals surface area (Å²) in [7, 11) is 0. The summed E-state index contributed by atoms with van der Waals surface area (Å²) in [5.74, 6) is 0.928. The lowest BCUT2D eigenvalue weighted by Gasteiger charge is -2.34. The zero-order valence-electron chi connectivity index (χ0n) is 10.4. The van der Waals surface area contributed by atoms with Crippen LogP contribution in [0.4, 0.5) is 11.4 Å². The third-order valence-electron chi connectivity index (χ3n) is 3.77. The molecule has 1 aromatic carbocycles. The molecule has 0 aliphatic carbocycles. The molecule has 2 heteroatoms. The molecule has 1 aliphatic rings. The predicted octanol–water partition coefficient (Wildman–Crippen LogP) is 3.20. The molecule has 0 bridgehead atoms. The Morgan fingerprint density at radius 1 is 1.31 bits per heavy atom. The lowest BCUT2D eigenvalue weighted by atomic mass is 9.94. The van der Waals surface area contributed by atoms with E-state index in [9.17, 15) is 0 Å². The van der Waals surface area contributed by atoms with Crippen LogP contribution in [0, 0.1) is 12.8 Å². The number of nitrogen functional groups attached to an aromatic ring is 1. The van der Waals surface area contributed by atoms with Gasteiger partial charge in [0.1, 0.15) is 0 Å². The molecule has 1 heterocycles. The number of nitrogens with zero attached hydrogens (tertiary/aromatic N) is 1. The number of hydrogen-bond acceptors (Lipinski definition) is 2. The summed E-state index contributed by atoms with van der Waals surface area (Å²) >= 11 is 0. The highest BCUT2D eigenvalue weighted by Crippen LogP contribution is 2.28. The predicted molar refractivity (Wildman–Crippen MR) is 70.8 cm³/mol. The van der Waals surface area contributed by atoms with Gasteiger partial charge in [-0.05, 0) is 43.4 Å². The fourth-order valence-electron chi connectivity index (χ4n) is 2.55. The molecule has 0 spiro atoms. The van der Waals surface area contributed by atoms with Crippen LogP contribution in [-0.2, 0) is 0 Å². The molecule has 0 atom stereocenters. The van der Waals surface area contributed by atoms with Gasteiger partial charge in [0.2, 0.25) is 0 Å². The smallest absolute Gasteiger partial charge is 0.0416 e. The van der Waals surface area contributed by atoms with E-state index in [-0.39, 0.29) is 0 Å². The summed E-state index contributed by atoms with van der Waals surface area (Å²) in [6, 6.07) is 6.22. The molecular formula is C14H22N2. The van der Waals surface area contributed by atoms with Crippen molar-refractivity contribution in [1.82, 2.24) is 0 Å². The molecule has 0 saturated carbocycles. The summed E-state index contributed by atoms with van der Waals surface area (Å²) in [5, 5.41) is 0. The molecule has 0 aromatic heterocycles. The minimum atomic E-state index is 0.873. The van der Waals surface area contributed by atoms with Crippen LogP contribution in [0.3, 0.4) is 0 Å². The first-order valence-electron chi connectivity index (χ1n) is 6.31. The zero-order chi connectivity index (χ0) is 11.5. The van der Waals surface area contributed by atoms with E-state index < -0.39 is 0 Å². The van der Waals surface area contributed by atoms with E-state index in [0.29, 0.717) is 0 Å². The maximum absolute atomic E-state index is 5.86. The number of rotatable bonds is 2. The third kappa shape index (κ3) is 2.31. The van der Waals surface area contributed by atoms with Gasteiger partial charge in [0, 0.05) is 24.5 Å². The van der Waals surface area contributed by atoms with Gasteiger partial charge in [0.25, 0.3) is 0 Å². The Morgan fingerprint density at radius 2 is 2.00 bits per heavy atom. The maximum Gasteiger partial charge on any atom is 0.0416 e. The van der Waals surface area contributed by atoms with E-state index in [4.69, 9.17) is 5.73 Å². The Balaban J connectivity index is 2.10. The van der Waals surface area contributed by atoms with Gasteiger partial charge in [-0.3, -0.25) is 0 Å². The quantitative estimate of drug-likeness (QED) is 0.772. The van der Waals surface area contributed by atoms with Gasteiger partial charge in [-0.15, -0.1) is 0 Å².